The minimum absolute atomic E-state index is 0.0155. The minimum atomic E-state index is 0.0155. The van der Waals surface area contributed by atoms with Crippen LogP contribution >= 0.6 is 35.0 Å². The van der Waals surface area contributed by atoms with E-state index in [4.69, 9.17) is 32.4 Å². The molecule has 2 aromatic rings. The van der Waals surface area contributed by atoms with Gasteiger partial charge in [0, 0.05) is 17.5 Å². The first-order valence-corrected chi connectivity index (χ1v) is 11.6. The van der Waals surface area contributed by atoms with Crippen molar-refractivity contribution in [3.05, 3.63) is 34.1 Å². The van der Waals surface area contributed by atoms with Crippen molar-refractivity contribution in [1.29, 1.82) is 0 Å². The molecule has 1 amide bonds. The molecule has 3 rings (SSSR count). The molecule has 1 fully saturated rings. The molecule has 1 saturated carbocycles. The normalized spacial score (nSPS) is 19.1. The van der Waals surface area contributed by atoms with Crippen LogP contribution in [0, 0.1) is 5.92 Å². The Kier molecular flexibility index (Phi) is 8.51. The number of aryl methyl sites for hydroxylation is 1. The van der Waals surface area contributed by atoms with Gasteiger partial charge in [-0.05, 0) is 43.4 Å². The summed E-state index contributed by atoms with van der Waals surface area (Å²) in [5.41, 5.74) is 0. The number of amides is 1. The zero-order valence-corrected chi connectivity index (χ0v) is 18.7. The van der Waals surface area contributed by atoms with Gasteiger partial charge >= 0.3 is 0 Å². The van der Waals surface area contributed by atoms with Crippen molar-refractivity contribution in [1.82, 2.24) is 15.5 Å². The van der Waals surface area contributed by atoms with Gasteiger partial charge in [-0.3, -0.25) is 4.79 Å². The number of benzene rings is 1. The van der Waals surface area contributed by atoms with Crippen LogP contribution in [0.25, 0.3) is 0 Å². The SMILES string of the molecule is CC1CCCCC1NC(=O)CSc1nnc(CCCOc2ccc(Cl)cc2Cl)o1. The lowest BCUT2D eigenvalue weighted by molar-refractivity contribution is -0.119. The van der Waals surface area contributed by atoms with Gasteiger partial charge in [0.05, 0.1) is 17.4 Å². The summed E-state index contributed by atoms with van der Waals surface area (Å²) >= 11 is 13.2. The Hall–Kier alpha value is -1.44. The van der Waals surface area contributed by atoms with Crippen LogP contribution in [0.3, 0.4) is 0 Å². The van der Waals surface area contributed by atoms with Gasteiger partial charge in [0.25, 0.3) is 5.22 Å². The van der Waals surface area contributed by atoms with Crippen LogP contribution < -0.4 is 10.1 Å². The summed E-state index contributed by atoms with van der Waals surface area (Å²) in [5.74, 6) is 1.96. The molecule has 6 nitrogen and oxygen atoms in total. The number of hydrogen-bond acceptors (Lipinski definition) is 6. The van der Waals surface area contributed by atoms with E-state index in [9.17, 15) is 4.79 Å². The second kappa shape index (κ2) is 11.1. The number of carbonyl (C=O) groups excluding carboxylic acids is 1. The van der Waals surface area contributed by atoms with Gasteiger partial charge in [0.15, 0.2) is 0 Å². The van der Waals surface area contributed by atoms with E-state index < -0.39 is 0 Å². The first-order chi connectivity index (χ1) is 14.0. The lowest BCUT2D eigenvalue weighted by atomic mass is 9.86. The van der Waals surface area contributed by atoms with Crippen LogP contribution in [-0.4, -0.2) is 34.5 Å². The van der Waals surface area contributed by atoms with Crippen LogP contribution in [0.1, 0.15) is 44.9 Å². The molecule has 0 aliphatic heterocycles. The Balaban J connectivity index is 1.35. The number of halogens is 2. The Bertz CT molecular complexity index is 818. The summed E-state index contributed by atoms with van der Waals surface area (Å²) in [5, 5.41) is 12.6. The molecule has 1 aromatic heterocycles. The average molecular weight is 458 g/mol. The summed E-state index contributed by atoms with van der Waals surface area (Å²) in [6.07, 6.45) is 5.97. The molecular formula is C20H25Cl2N3O3S. The average Bonchev–Trinajstić information content (AvgIpc) is 3.15. The van der Waals surface area contributed by atoms with E-state index in [1.54, 1.807) is 18.2 Å². The number of carbonyl (C=O) groups is 1. The lowest BCUT2D eigenvalue weighted by Crippen LogP contribution is -2.41. The highest BCUT2D eigenvalue weighted by atomic mass is 35.5. The van der Waals surface area contributed by atoms with E-state index >= 15 is 0 Å². The molecule has 2 atom stereocenters. The van der Waals surface area contributed by atoms with Gasteiger partial charge < -0.3 is 14.5 Å². The molecule has 29 heavy (non-hydrogen) atoms. The Morgan fingerprint density at radius 3 is 2.93 bits per heavy atom. The molecule has 0 spiro atoms. The quantitative estimate of drug-likeness (QED) is 0.413. The van der Waals surface area contributed by atoms with E-state index in [0.29, 0.717) is 52.3 Å². The highest BCUT2D eigenvalue weighted by Gasteiger charge is 2.23. The van der Waals surface area contributed by atoms with Crippen LogP contribution in [-0.2, 0) is 11.2 Å². The van der Waals surface area contributed by atoms with Gasteiger partial charge in [0.1, 0.15) is 5.75 Å². The fourth-order valence-electron chi connectivity index (χ4n) is 3.30. The van der Waals surface area contributed by atoms with Crippen molar-refractivity contribution in [3.63, 3.8) is 0 Å². The van der Waals surface area contributed by atoms with Gasteiger partial charge in [-0.25, -0.2) is 0 Å². The summed E-state index contributed by atoms with van der Waals surface area (Å²) in [4.78, 5) is 12.2. The molecular weight excluding hydrogens is 433 g/mol. The molecule has 1 heterocycles. The van der Waals surface area contributed by atoms with E-state index in [2.05, 4.69) is 22.4 Å². The highest BCUT2D eigenvalue weighted by molar-refractivity contribution is 7.99. The number of ether oxygens (including phenoxy) is 1. The van der Waals surface area contributed by atoms with E-state index in [-0.39, 0.29) is 17.7 Å². The molecule has 1 aliphatic rings. The zero-order chi connectivity index (χ0) is 20.6. The second-order valence-corrected chi connectivity index (χ2v) is 8.98. The molecule has 0 radical (unpaired) electrons. The van der Waals surface area contributed by atoms with E-state index in [1.165, 1.54) is 31.0 Å². The summed E-state index contributed by atoms with van der Waals surface area (Å²) < 4.78 is 11.2. The molecule has 0 saturated heterocycles. The zero-order valence-electron chi connectivity index (χ0n) is 16.3. The van der Waals surface area contributed by atoms with E-state index in [0.717, 1.165) is 6.42 Å². The van der Waals surface area contributed by atoms with Crippen LogP contribution in [0.2, 0.25) is 10.0 Å². The number of hydrogen-bond donors (Lipinski definition) is 1. The Morgan fingerprint density at radius 1 is 1.31 bits per heavy atom. The third kappa shape index (κ3) is 7.08. The molecule has 1 N–H and O–H groups in total. The third-order valence-electron chi connectivity index (χ3n) is 4.92. The van der Waals surface area contributed by atoms with Crippen molar-refractivity contribution in [3.8, 4) is 5.75 Å². The first-order valence-electron chi connectivity index (χ1n) is 9.83. The van der Waals surface area contributed by atoms with Gasteiger partial charge in [-0.2, -0.15) is 0 Å². The van der Waals surface area contributed by atoms with Crippen LogP contribution in [0.15, 0.2) is 27.8 Å². The second-order valence-electron chi connectivity index (χ2n) is 7.21. The fraction of sp³-hybridized carbons (Fsp3) is 0.550. The largest absolute Gasteiger partial charge is 0.492 e. The molecule has 1 aliphatic carbocycles. The monoisotopic (exact) mass is 457 g/mol. The first kappa shape index (κ1) is 22.2. The highest BCUT2D eigenvalue weighted by Crippen LogP contribution is 2.28. The number of rotatable bonds is 9. The maximum Gasteiger partial charge on any atom is 0.277 e. The minimum Gasteiger partial charge on any atom is -0.492 e. The van der Waals surface area contributed by atoms with E-state index in [1.807, 2.05) is 0 Å². The standard InChI is InChI=1S/C20H25Cl2N3O3S/c1-13-5-2-3-6-16(13)23-18(26)12-29-20-25-24-19(28-20)7-4-10-27-17-9-8-14(21)11-15(17)22/h8-9,11,13,16H,2-7,10,12H2,1H3,(H,23,26). The number of nitrogens with one attached hydrogen (secondary N) is 1. The maximum atomic E-state index is 12.2. The van der Waals surface area contributed by atoms with Crippen LogP contribution in [0.5, 0.6) is 5.75 Å². The van der Waals surface area contributed by atoms with Crippen LogP contribution in [0.4, 0.5) is 0 Å². The smallest absolute Gasteiger partial charge is 0.277 e. The summed E-state index contributed by atoms with van der Waals surface area (Å²) in [6.45, 7) is 2.67. The maximum absolute atomic E-state index is 12.2. The van der Waals surface area contributed by atoms with Crippen molar-refractivity contribution in [2.24, 2.45) is 5.92 Å². The number of nitrogens with zero attached hydrogens (tertiary/aromatic N) is 2. The van der Waals surface area contributed by atoms with Gasteiger partial charge in [0.2, 0.25) is 11.8 Å². The van der Waals surface area contributed by atoms with Crippen molar-refractivity contribution in [2.45, 2.75) is 56.7 Å². The molecule has 9 heteroatoms. The number of thioether (sulfide) groups is 1. The molecule has 1 aromatic carbocycles. The van der Waals surface area contributed by atoms with Gasteiger partial charge in [-0.1, -0.05) is 54.7 Å². The fourth-order valence-corrected chi connectivity index (χ4v) is 4.36. The van der Waals surface area contributed by atoms with Crippen molar-refractivity contribution >= 4 is 40.9 Å². The molecule has 2 unspecified atom stereocenters. The lowest BCUT2D eigenvalue weighted by Gasteiger charge is -2.29. The van der Waals surface area contributed by atoms with Gasteiger partial charge in [-0.15, -0.1) is 10.2 Å². The number of aromatic nitrogens is 2. The summed E-state index contributed by atoms with van der Waals surface area (Å²) in [7, 11) is 0. The topological polar surface area (TPSA) is 77.2 Å². The predicted octanol–water partition coefficient (Wildman–Crippen LogP) is 5.18. The Morgan fingerprint density at radius 2 is 2.14 bits per heavy atom. The van der Waals surface area contributed by atoms with Crippen molar-refractivity contribution in [2.75, 3.05) is 12.4 Å². The molecule has 0 bridgehead atoms. The van der Waals surface area contributed by atoms with Crippen molar-refractivity contribution < 1.29 is 13.9 Å². The Labute approximate surface area is 185 Å². The molecule has 158 valence electrons. The predicted molar refractivity (Wildman–Crippen MR) is 115 cm³/mol. The summed E-state index contributed by atoms with van der Waals surface area (Å²) in [6, 6.07) is 5.40. The third-order valence-corrected chi connectivity index (χ3v) is 6.27.